The Morgan fingerprint density at radius 1 is 1.15 bits per heavy atom. The van der Waals surface area contributed by atoms with Gasteiger partial charge in [-0.3, -0.25) is 9.59 Å². The molecule has 0 spiro atoms. The van der Waals surface area contributed by atoms with Gasteiger partial charge in [0.25, 0.3) is 5.91 Å². The van der Waals surface area contributed by atoms with Crippen molar-refractivity contribution < 1.29 is 19.1 Å². The molecule has 0 fully saturated rings. The van der Waals surface area contributed by atoms with Crippen LogP contribution in [0.3, 0.4) is 0 Å². The summed E-state index contributed by atoms with van der Waals surface area (Å²) in [7, 11) is 1.31. The number of hydrogen-bond donors (Lipinski definition) is 2. The number of imidazole rings is 1. The zero-order chi connectivity index (χ0) is 18.7. The highest BCUT2D eigenvalue weighted by Gasteiger charge is 2.12. The lowest BCUT2D eigenvalue weighted by atomic mass is 10.1. The van der Waals surface area contributed by atoms with Crippen LogP contribution in [0.4, 0.5) is 0 Å². The molecule has 2 heterocycles. The van der Waals surface area contributed by atoms with Crippen molar-refractivity contribution in [2.24, 2.45) is 5.73 Å². The minimum Gasteiger partial charge on any atom is -0.465 e. The summed E-state index contributed by atoms with van der Waals surface area (Å²) >= 11 is 0. The van der Waals surface area contributed by atoms with Crippen LogP contribution in [0.1, 0.15) is 36.8 Å². The Bertz CT molecular complexity index is 1010. The molecule has 0 saturated heterocycles. The van der Waals surface area contributed by atoms with Crippen molar-refractivity contribution in [2.45, 2.75) is 6.54 Å². The van der Waals surface area contributed by atoms with Crippen molar-refractivity contribution in [1.82, 2.24) is 14.7 Å². The molecule has 26 heavy (non-hydrogen) atoms. The van der Waals surface area contributed by atoms with Gasteiger partial charge < -0.3 is 20.2 Å². The number of esters is 1. The van der Waals surface area contributed by atoms with E-state index in [-0.39, 0.29) is 18.1 Å². The molecule has 0 bridgehead atoms. The predicted molar refractivity (Wildman–Crippen MR) is 92.7 cm³/mol. The van der Waals surface area contributed by atoms with Gasteiger partial charge in [0.1, 0.15) is 11.3 Å². The normalized spacial score (nSPS) is 10.5. The number of nitrogens with two attached hydrogens (primary N) is 1. The SMILES string of the molecule is COC(=O)c1cccc(CNC(=O)c2cn3cc(C(N)=O)ccc3n2)c1. The molecular weight excluding hydrogens is 336 g/mol. The summed E-state index contributed by atoms with van der Waals surface area (Å²) in [6, 6.07) is 9.94. The number of benzene rings is 1. The second kappa shape index (κ2) is 7.06. The zero-order valence-electron chi connectivity index (χ0n) is 13.9. The standard InChI is InChI=1S/C18H16N4O4/c1-26-18(25)12-4-2-3-11(7-12)8-20-17(24)14-10-22-9-13(16(19)23)5-6-15(22)21-14/h2-7,9-10H,8H2,1H3,(H2,19,23)(H,20,24). The molecule has 0 aliphatic heterocycles. The number of hydrogen-bond acceptors (Lipinski definition) is 5. The molecule has 0 atom stereocenters. The minimum absolute atomic E-state index is 0.204. The molecule has 3 N–H and O–H groups in total. The van der Waals surface area contributed by atoms with Crippen molar-refractivity contribution in [3.8, 4) is 0 Å². The molecule has 0 aliphatic rings. The molecule has 0 aliphatic carbocycles. The maximum Gasteiger partial charge on any atom is 0.337 e. The summed E-state index contributed by atoms with van der Waals surface area (Å²) in [5.74, 6) is -1.38. The van der Waals surface area contributed by atoms with Crippen LogP contribution in [-0.4, -0.2) is 34.3 Å². The quantitative estimate of drug-likeness (QED) is 0.668. The zero-order valence-corrected chi connectivity index (χ0v) is 13.9. The van der Waals surface area contributed by atoms with Gasteiger partial charge in [0.2, 0.25) is 5.91 Å². The van der Waals surface area contributed by atoms with Crippen LogP contribution < -0.4 is 11.1 Å². The first-order valence-corrected chi connectivity index (χ1v) is 7.72. The predicted octanol–water partition coefficient (Wildman–Crippen LogP) is 1.15. The van der Waals surface area contributed by atoms with E-state index in [2.05, 4.69) is 15.0 Å². The van der Waals surface area contributed by atoms with E-state index >= 15 is 0 Å². The summed E-state index contributed by atoms with van der Waals surface area (Å²) in [5.41, 5.74) is 7.45. The number of aromatic nitrogens is 2. The van der Waals surface area contributed by atoms with Gasteiger partial charge in [-0.15, -0.1) is 0 Å². The first kappa shape index (κ1) is 17.2. The molecule has 2 amide bonds. The fourth-order valence-electron chi connectivity index (χ4n) is 2.45. The largest absolute Gasteiger partial charge is 0.465 e. The Morgan fingerprint density at radius 2 is 1.96 bits per heavy atom. The van der Waals surface area contributed by atoms with Gasteiger partial charge in [-0.1, -0.05) is 12.1 Å². The lowest BCUT2D eigenvalue weighted by molar-refractivity contribution is 0.0600. The molecule has 2 aromatic heterocycles. The van der Waals surface area contributed by atoms with Gasteiger partial charge in [0.15, 0.2) is 0 Å². The van der Waals surface area contributed by atoms with E-state index in [1.807, 2.05) is 0 Å². The Morgan fingerprint density at radius 3 is 2.69 bits per heavy atom. The Hall–Kier alpha value is -3.68. The molecule has 0 saturated carbocycles. The van der Waals surface area contributed by atoms with Crippen LogP contribution >= 0.6 is 0 Å². The molecule has 8 nitrogen and oxygen atoms in total. The maximum absolute atomic E-state index is 12.3. The van der Waals surface area contributed by atoms with E-state index in [4.69, 9.17) is 5.73 Å². The van der Waals surface area contributed by atoms with Crippen LogP contribution in [0.2, 0.25) is 0 Å². The highest BCUT2D eigenvalue weighted by atomic mass is 16.5. The molecule has 0 unspecified atom stereocenters. The van der Waals surface area contributed by atoms with E-state index in [9.17, 15) is 14.4 Å². The van der Waals surface area contributed by atoms with Gasteiger partial charge in [0.05, 0.1) is 18.2 Å². The number of primary amides is 1. The van der Waals surface area contributed by atoms with Crippen molar-refractivity contribution in [1.29, 1.82) is 0 Å². The number of nitrogens with zero attached hydrogens (tertiary/aromatic N) is 2. The van der Waals surface area contributed by atoms with E-state index in [1.54, 1.807) is 40.8 Å². The molecule has 8 heteroatoms. The van der Waals surface area contributed by atoms with Crippen LogP contribution in [0.15, 0.2) is 48.8 Å². The van der Waals surface area contributed by atoms with E-state index in [0.29, 0.717) is 16.8 Å². The summed E-state index contributed by atoms with van der Waals surface area (Å²) in [6.07, 6.45) is 3.03. The Kier molecular flexibility index (Phi) is 4.66. The minimum atomic E-state index is -0.558. The average molecular weight is 352 g/mol. The summed E-state index contributed by atoms with van der Waals surface area (Å²) in [5, 5.41) is 2.74. The third-order valence-electron chi connectivity index (χ3n) is 3.77. The van der Waals surface area contributed by atoms with Gasteiger partial charge >= 0.3 is 5.97 Å². The number of nitrogens with one attached hydrogen (secondary N) is 1. The lowest BCUT2D eigenvalue weighted by Crippen LogP contribution is -2.23. The first-order valence-electron chi connectivity index (χ1n) is 7.72. The molecule has 1 aromatic carbocycles. The average Bonchev–Trinajstić information content (AvgIpc) is 3.09. The number of ether oxygens (including phenoxy) is 1. The highest BCUT2D eigenvalue weighted by Crippen LogP contribution is 2.09. The topological polar surface area (TPSA) is 116 Å². The Balaban J connectivity index is 1.73. The summed E-state index contributed by atoms with van der Waals surface area (Å²) in [4.78, 5) is 39.3. The highest BCUT2D eigenvalue weighted by molar-refractivity contribution is 5.94. The molecular formula is C18H16N4O4. The number of fused-ring (bicyclic) bond motifs is 1. The van der Waals surface area contributed by atoms with E-state index < -0.39 is 11.9 Å². The smallest absolute Gasteiger partial charge is 0.337 e. The van der Waals surface area contributed by atoms with E-state index in [1.165, 1.54) is 19.5 Å². The second-order valence-electron chi connectivity index (χ2n) is 5.55. The monoisotopic (exact) mass is 352 g/mol. The van der Waals surface area contributed by atoms with Gasteiger partial charge in [-0.25, -0.2) is 9.78 Å². The first-order chi connectivity index (χ1) is 12.5. The molecule has 132 valence electrons. The summed E-state index contributed by atoms with van der Waals surface area (Å²) < 4.78 is 6.24. The van der Waals surface area contributed by atoms with Gasteiger partial charge in [-0.05, 0) is 29.8 Å². The van der Waals surface area contributed by atoms with E-state index in [0.717, 1.165) is 5.56 Å². The number of amides is 2. The van der Waals surface area contributed by atoms with Crippen LogP contribution in [-0.2, 0) is 11.3 Å². The van der Waals surface area contributed by atoms with Crippen molar-refractivity contribution in [2.75, 3.05) is 7.11 Å². The second-order valence-corrected chi connectivity index (χ2v) is 5.55. The number of rotatable bonds is 5. The van der Waals surface area contributed by atoms with Gasteiger partial charge in [-0.2, -0.15) is 0 Å². The van der Waals surface area contributed by atoms with Crippen molar-refractivity contribution >= 4 is 23.4 Å². The Labute approximate surface area is 148 Å². The number of methoxy groups -OCH3 is 1. The van der Waals surface area contributed by atoms with Crippen molar-refractivity contribution in [3.63, 3.8) is 0 Å². The number of carbonyl (C=O) groups is 3. The van der Waals surface area contributed by atoms with Crippen LogP contribution in [0, 0.1) is 0 Å². The van der Waals surface area contributed by atoms with Crippen LogP contribution in [0.5, 0.6) is 0 Å². The summed E-state index contributed by atoms with van der Waals surface area (Å²) in [6.45, 7) is 0.226. The van der Waals surface area contributed by atoms with Crippen molar-refractivity contribution in [3.05, 3.63) is 71.2 Å². The maximum atomic E-state index is 12.3. The third kappa shape index (κ3) is 3.54. The van der Waals surface area contributed by atoms with Crippen LogP contribution in [0.25, 0.3) is 5.65 Å². The fourth-order valence-corrected chi connectivity index (χ4v) is 2.45. The third-order valence-corrected chi connectivity index (χ3v) is 3.77. The molecule has 0 radical (unpaired) electrons. The number of carbonyl (C=O) groups excluding carboxylic acids is 3. The lowest BCUT2D eigenvalue weighted by Gasteiger charge is -2.05. The fraction of sp³-hybridized carbons (Fsp3) is 0.111. The molecule has 3 aromatic rings. The number of pyridine rings is 1. The molecule has 3 rings (SSSR count). The van der Waals surface area contributed by atoms with Gasteiger partial charge in [0, 0.05) is 18.9 Å².